The molecule has 1 heterocycles. The molecule has 0 saturated carbocycles. The third-order valence-corrected chi connectivity index (χ3v) is 3.42. The fourth-order valence-corrected chi connectivity index (χ4v) is 2.09. The summed E-state index contributed by atoms with van der Waals surface area (Å²) in [6, 6.07) is 4.75. The van der Waals surface area contributed by atoms with E-state index in [1.807, 2.05) is 0 Å². The van der Waals surface area contributed by atoms with E-state index in [-0.39, 0.29) is 16.7 Å². The number of halogens is 2. The molecule has 1 aliphatic heterocycles. The fraction of sp³-hybridized carbons (Fsp3) is 0.538. The van der Waals surface area contributed by atoms with Crippen molar-refractivity contribution in [1.82, 2.24) is 5.32 Å². The highest BCUT2D eigenvalue weighted by molar-refractivity contribution is 6.30. The van der Waals surface area contributed by atoms with Gasteiger partial charge in [0.1, 0.15) is 5.82 Å². The number of nitrogens with one attached hydrogen (secondary N) is 1. The highest BCUT2D eigenvalue weighted by Crippen LogP contribution is 2.26. The predicted molar refractivity (Wildman–Crippen MR) is 66.8 cm³/mol. The maximum atomic E-state index is 13.1. The van der Waals surface area contributed by atoms with Gasteiger partial charge < -0.3 is 10.1 Å². The Hall–Kier alpha value is -0.640. The first-order valence-electron chi connectivity index (χ1n) is 5.79. The zero-order valence-corrected chi connectivity index (χ0v) is 10.9. The van der Waals surface area contributed by atoms with Gasteiger partial charge in [0.05, 0.1) is 11.1 Å². The number of benzene rings is 1. The molecular formula is C13H17ClFNO. The summed E-state index contributed by atoms with van der Waals surface area (Å²) in [6.45, 7) is 5.71. The standard InChI is InChI=1S/C13H17ClFNO/c1-13(2)5-6-17-12(8-16-13)9-3-4-11(15)10(14)7-9/h3-4,7,12,16H,5-6,8H2,1-2H3. The molecule has 94 valence electrons. The Balaban J connectivity index is 2.14. The van der Waals surface area contributed by atoms with Crippen LogP contribution in [0.5, 0.6) is 0 Å². The average molecular weight is 258 g/mol. The van der Waals surface area contributed by atoms with E-state index in [9.17, 15) is 4.39 Å². The van der Waals surface area contributed by atoms with Crippen molar-refractivity contribution in [2.45, 2.75) is 31.9 Å². The van der Waals surface area contributed by atoms with Gasteiger partial charge in [-0.25, -0.2) is 4.39 Å². The zero-order chi connectivity index (χ0) is 12.5. The number of rotatable bonds is 1. The third kappa shape index (κ3) is 3.18. The molecule has 1 unspecified atom stereocenters. The zero-order valence-electron chi connectivity index (χ0n) is 10.1. The van der Waals surface area contributed by atoms with E-state index in [0.29, 0.717) is 6.61 Å². The summed E-state index contributed by atoms with van der Waals surface area (Å²) in [6.07, 6.45) is 0.896. The van der Waals surface area contributed by atoms with Crippen LogP contribution in [-0.4, -0.2) is 18.7 Å². The van der Waals surface area contributed by atoms with Gasteiger partial charge in [0.25, 0.3) is 0 Å². The van der Waals surface area contributed by atoms with Gasteiger partial charge in [-0.3, -0.25) is 0 Å². The molecule has 0 amide bonds. The largest absolute Gasteiger partial charge is 0.372 e. The van der Waals surface area contributed by atoms with Crippen molar-refractivity contribution in [2.75, 3.05) is 13.2 Å². The van der Waals surface area contributed by atoms with Gasteiger partial charge in [-0.05, 0) is 38.0 Å². The molecule has 2 rings (SSSR count). The maximum absolute atomic E-state index is 13.1. The quantitative estimate of drug-likeness (QED) is 0.834. The second-order valence-electron chi connectivity index (χ2n) is 5.05. The molecule has 1 N–H and O–H groups in total. The minimum absolute atomic E-state index is 0.0603. The summed E-state index contributed by atoms with van der Waals surface area (Å²) in [7, 11) is 0. The Labute approximate surface area is 106 Å². The molecule has 1 aromatic carbocycles. The molecule has 0 aliphatic carbocycles. The van der Waals surface area contributed by atoms with Crippen LogP contribution in [0, 0.1) is 5.82 Å². The highest BCUT2D eigenvalue weighted by atomic mass is 35.5. The van der Waals surface area contributed by atoms with E-state index >= 15 is 0 Å². The van der Waals surface area contributed by atoms with Crippen molar-refractivity contribution >= 4 is 11.6 Å². The molecular weight excluding hydrogens is 241 g/mol. The minimum Gasteiger partial charge on any atom is -0.372 e. The van der Waals surface area contributed by atoms with Gasteiger partial charge in [-0.15, -0.1) is 0 Å². The maximum Gasteiger partial charge on any atom is 0.141 e. The minimum atomic E-state index is -0.391. The summed E-state index contributed by atoms with van der Waals surface area (Å²) in [4.78, 5) is 0. The highest BCUT2D eigenvalue weighted by Gasteiger charge is 2.25. The monoisotopic (exact) mass is 257 g/mol. The summed E-state index contributed by atoms with van der Waals surface area (Å²) >= 11 is 5.78. The van der Waals surface area contributed by atoms with Crippen LogP contribution < -0.4 is 5.32 Å². The van der Waals surface area contributed by atoms with Crippen molar-refractivity contribution in [1.29, 1.82) is 0 Å². The van der Waals surface area contributed by atoms with Crippen molar-refractivity contribution in [3.63, 3.8) is 0 Å². The first kappa shape index (κ1) is 12.8. The molecule has 1 atom stereocenters. The molecule has 0 spiro atoms. The Morgan fingerprint density at radius 3 is 2.94 bits per heavy atom. The summed E-state index contributed by atoms with van der Waals surface area (Å²) in [5.74, 6) is -0.391. The van der Waals surface area contributed by atoms with Gasteiger partial charge in [-0.2, -0.15) is 0 Å². The Morgan fingerprint density at radius 1 is 1.47 bits per heavy atom. The lowest BCUT2D eigenvalue weighted by molar-refractivity contribution is 0.0656. The van der Waals surface area contributed by atoms with Crippen molar-refractivity contribution in [3.05, 3.63) is 34.6 Å². The smallest absolute Gasteiger partial charge is 0.141 e. The van der Waals surface area contributed by atoms with E-state index < -0.39 is 5.82 Å². The normalized spacial score (nSPS) is 24.4. The predicted octanol–water partition coefficient (Wildman–Crippen LogP) is 3.31. The Kier molecular flexibility index (Phi) is 3.71. The Bertz CT molecular complexity index is 408. The number of hydrogen-bond acceptors (Lipinski definition) is 2. The number of ether oxygens (including phenoxy) is 1. The number of hydrogen-bond donors (Lipinski definition) is 1. The van der Waals surface area contributed by atoms with E-state index in [4.69, 9.17) is 16.3 Å². The van der Waals surface area contributed by atoms with Crippen LogP contribution in [0.3, 0.4) is 0 Å². The fourth-order valence-electron chi connectivity index (χ4n) is 1.90. The summed E-state index contributed by atoms with van der Waals surface area (Å²) in [5, 5.41) is 3.59. The molecule has 1 saturated heterocycles. The lowest BCUT2D eigenvalue weighted by Gasteiger charge is -2.23. The Morgan fingerprint density at radius 2 is 2.24 bits per heavy atom. The lowest BCUT2D eigenvalue weighted by Crippen LogP contribution is -2.39. The van der Waals surface area contributed by atoms with Crippen LogP contribution in [0.4, 0.5) is 4.39 Å². The molecule has 2 nitrogen and oxygen atoms in total. The van der Waals surface area contributed by atoms with Crippen LogP contribution in [0.25, 0.3) is 0 Å². The SMILES string of the molecule is CC1(C)CCOC(c2ccc(F)c(Cl)c2)CN1. The topological polar surface area (TPSA) is 21.3 Å². The van der Waals surface area contributed by atoms with E-state index in [2.05, 4.69) is 19.2 Å². The van der Waals surface area contributed by atoms with Crippen molar-refractivity contribution in [3.8, 4) is 0 Å². The summed E-state index contributed by atoms with van der Waals surface area (Å²) < 4.78 is 18.9. The molecule has 1 aromatic rings. The van der Waals surface area contributed by atoms with Crippen molar-refractivity contribution < 1.29 is 9.13 Å². The van der Waals surface area contributed by atoms with E-state index in [1.54, 1.807) is 12.1 Å². The van der Waals surface area contributed by atoms with Gasteiger partial charge in [0.2, 0.25) is 0 Å². The second kappa shape index (κ2) is 4.92. The van der Waals surface area contributed by atoms with Crippen LogP contribution in [0.15, 0.2) is 18.2 Å². The van der Waals surface area contributed by atoms with E-state index in [0.717, 1.165) is 18.5 Å². The molecule has 17 heavy (non-hydrogen) atoms. The van der Waals surface area contributed by atoms with Gasteiger partial charge in [0.15, 0.2) is 0 Å². The summed E-state index contributed by atoms with van der Waals surface area (Å²) in [5.41, 5.74) is 1.00. The first-order chi connectivity index (χ1) is 7.98. The van der Waals surface area contributed by atoms with Crippen LogP contribution in [0.1, 0.15) is 31.9 Å². The molecule has 4 heteroatoms. The lowest BCUT2D eigenvalue weighted by atomic mass is 10.0. The van der Waals surface area contributed by atoms with Gasteiger partial charge in [0, 0.05) is 18.7 Å². The van der Waals surface area contributed by atoms with E-state index in [1.165, 1.54) is 6.07 Å². The molecule has 1 aliphatic rings. The molecule has 1 fully saturated rings. The van der Waals surface area contributed by atoms with Gasteiger partial charge in [-0.1, -0.05) is 17.7 Å². The first-order valence-corrected chi connectivity index (χ1v) is 6.17. The average Bonchev–Trinajstić information content (AvgIpc) is 2.44. The van der Waals surface area contributed by atoms with Crippen LogP contribution >= 0.6 is 11.6 Å². The molecule has 0 aromatic heterocycles. The van der Waals surface area contributed by atoms with Crippen LogP contribution in [-0.2, 0) is 4.74 Å². The second-order valence-corrected chi connectivity index (χ2v) is 5.45. The molecule has 0 bridgehead atoms. The van der Waals surface area contributed by atoms with Crippen LogP contribution in [0.2, 0.25) is 5.02 Å². The van der Waals surface area contributed by atoms with Gasteiger partial charge >= 0.3 is 0 Å². The van der Waals surface area contributed by atoms with Crippen molar-refractivity contribution in [2.24, 2.45) is 0 Å². The third-order valence-electron chi connectivity index (χ3n) is 3.13. The molecule has 0 radical (unpaired) electrons.